The molecule has 6 nitrogen and oxygen atoms in total. The normalized spacial score (nSPS) is 18.3. The molecule has 29 heavy (non-hydrogen) atoms. The van der Waals surface area contributed by atoms with Gasteiger partial charge in [-0.15, -0.1) is 0 Å². The summed E-state index contributed by atoms with van der Waals surface area (Å²) < 4.78 is 7.70. The van der Waals surface area contributed by atoms with E-state index in [4.69, 9.17) is 4.74 Å². The molecule has 0 bridgehead atoms. The minimum Gasteiger partial charge on any atom is -0.376 e. The van der Waals surface area contributed by atoms with E-state index >= 15 is 0 Å². The smallest absolute Gasteiger partial charge is 0.272 e. The number of aryl methyl sites for hydroxylation is 1. The lowest BCUT2D eigenvalue weighted by Crippen LogP contribution is -2.33. The van der Waals surface area contributed by atoms with Crippen molar-refractivity contribution in [3.8, 4) is 0 Å². The van der Waals surface area contributed by atoms with E-state index in [2.05, 4.69) is 44.3 Å². The molecule has 154 valence electrons. The lowest BCUT2D eigenvalue weighted by Gasteiger charge is -2.31. The Bertz CT molecular complexity index is 887. The summed E-state index contributed by atoms with van der Waals surface area (Å²) in [6.07, 6.45) is 6.73. The zero-order valence-electron chi connectivity index (χ0n) is 17.0. The molecule has 0 atom stereocenters. The van der Waals surface area contributed by atoms with Crippen molar-refractivity contribution in [2.24, 2.45) is 5.92 Å². The molecule has 3 aliphatic rings. The Morgan fingerprint density at radius 3 is 3.03 bits per heavy atom. The number of carbonyl (C=O) groups excluding carboxylic acids is 1. The SMILES string of the molecule is O=C(NCCCN1CCCc2ccccc21)c1nn(CC2CC2)c2c1COCC2. The molecule has 1 aromatic heterocycles. The van der Waals surface area contributed by atoms with Crippen LogP contribution in [0.5, 0.6) is 0 Å². The average Bonchev–Trinajstić information content (AvgIpc) is 3.51. The van der Waals surface area contributed by atoms with E-state index in [0.29, 0.717) is 18.8 Å². The van der Waals surface area contributed by atoms with Gasteiger partial charge in [0.25, 0.3) is 5.91 Å². The highest BCUT2D eigenvalue weighted by molar-refractivity contribution is 5.94. The molecule has 1 aliphatic carbocycles. The van der Waals surface area contributed by atoms with Gasteiger partial charge in [-0.2, -0.15) is 5.10 Å². The second kappa shape index (κ2) is 8.19. The average molecular weight is 395 g/mol. The van der Waals surface area contributed by atoms with Gasteiger partial charge in [0.1, 0.15) is 0 Å². The van der Waals surface area contributed by atoms with Crippen molar-refractivity contribution in [3.05, 3.63) is 46.8 Å². The zero-order chi connectivity index (χ0) is 19.6. The Morgan fingerprint density at radius 2 is 2.14 bits per heavy atom. The van der Waals surface area contributed by atoms with Crippen molar-refractivity contribution in [1.82, 2.24) is 15.1 Å². The standard InChI is InChI=1S/C23H30N4O2/c28-23(22-19-16-29-14-10-21(19)27(25-22)15-17-8-9-17)24-11-4-13-26-12-3-6-18-5-1-2-7-20(18)26/h1-2,5,7,17H,3-4,6,8-16H2,(H,24,28). The Kier molecular flexibility index (Phi) is 5.27. The first-order valence-electron chi connectivity index (χ1n) is 11.1. The van der Waals surface area contributed by atoms with Crippen LogP contribution in [-0.4, -0.2) is 41.9 Å². The number of benzene rings is 1. The van der Waals surface area contributed by atoms with Crippen LogP contribution in [0.3, 0.4) is 0 Å². The van der Waals surface area contributed by atoms with Gasteiger partial charge in [0.05, 0.1) is 13.2 Å². The molecule has 0 saturated heterocycles. The maximum Gasteiger partial charge on any atom is 0.272 e. The van der Waals surface area contributed by atoms with Crippen molar-refractivity contribution in [2.45, 2.75) is 51.7 Å². The molecule has 0 radical (unpaired) electrons. The minimum absolute atomic E-state index is 0.0552. The molecule has 1 fully saturated rings. The van der Waals surface area contributed by atoms with Crippen LogP contribution < -0.4 is 10.2 Å². The number of carbonyl (C=O) groups is 1. The summed E-state index contributed by atoms with van der Waals surface area (Å²) in [6, 6.07) is 8.68. The summed E-state index contributed by atoms with van der Waals surface area (Å²) in [7, 11) is 0. The Labute approximate surface area is 172 Å². The van der Waals surface area contributed by atoms with E-state index in [9.17, 15) is 4.79 Å². The van der Waals surface area contributed by atoms with E-state index in [1.807, 2.05) is 0 Å². The summed E-state index contributed by atoms with van der Waals surface area (Å²) in [5.74, 6) is 0.686. The van der Waals surface area contributed by atoms with Crippen molar-refractivity contribution in [3.63, 3.8) is 0 Å². The van der Waals surface area contributed by atoms with Crippen LogP contribution in [0, 0.1) is 5.92 Å². The fourth-order valence-corrected chi connectivity index (χ4v) is 4.59. The number of nitrogens with zero attached hydrogens (tertiary/aromatic N) is 3. The molecule has 0 unspecified atom stereocenters. The highest BCUT2D eigenvalue weighted by Gasteiger charge is 2.29. The van der Waals surface area contributed by atoms with Crippen LogP contribution in [-0.2, 0) is 30.7 Å². The maximum absolute atomic E-state index is 12.8. The maximum atomic E-state index is 12.8. The molecule has 6 heteroatoms. The molecule has 1 amide bonds. The highest BCUT2D eigenvalue weighted by atomic mass is 16.5. The quantitative estimate of drug-likeness (QED) is 0.734. The molecule has 2 aromatic rings. The Balaban J connectivity index is 1.18. The van der Waals surface area contributed by atoms with Crippen molar-refractivity contribution in [1.29, 1.82) is 0 Å². The molecular weight excluding hydrogens is 364 g/mol. The van der Waals surface area contributed by atoms with Crippen molar-refractivity contribution in [2.75, 3.05) is 31.1 Å². The Morgan fingerprint density at radius 1 is 1.24 bits per heavy atom. The summed E-state index contributed by atoms with van der Waals surface area (Å²) >= 11 is 0. The molecule has 5 rings (SSSR count). The fourth-order valence-electron chi connectivity index (χ4n) is 4.59. The van der Waals surface area contributed by atoms with Crippen LogP contribution in [0.15, 0.2) is 24.3 Å². The molecule has 1 N–H and O–H groups in total. The van der Waals surface area contributed by atoms with Crippen LogP contribution in [0.25, 0.3) is 0 Å². The second-order valence-corrected chi connectivity index (χ2v) is 8.53. The summed E-state index contributed by atoms with van der Waals surface area (Å²) in [4.78, 5) is 15.3. The highest BCUT2D eigenvalue weighted by Crippen LogP contribution is 2.32. The number of anilines is 1. The third kappa shape index (κ3) is 4.04. The molecule has 3 heterocycles. The number of ether oxygens (including phenoxy) is 1. The predicted molar refractivity (Wildman–Crippen MR) is 112 cm³/mol. The van der Waals surface area contributed by atoms with Gasteiger partial charge in [-0.25, -0.2) is 0 Å². The van der Waals surface area contributed by atoms with Crippen LogP contribution in [0.1, 0.15) is 53.0 Å². The predicted octanol–water partition coefficient (Wildman–Crippen LogP) is 2.94. The number of fused-ring (bicyclic) bond motifs is 2. The van der Waals surface area contributed by atoms with Crippen LogP contribution >= 0.6 is 0 Å². The van der Waals surface area contributed by atoms with E-state index in [1.165, 1.54) is 42.6 Å². The summed E-state index contributed by atoms with van der Waals surface area (Å²) in [5.41, 5.74) is 5.58. The lowest BCUT2D eigenvalue weighted by molar-refractivity contribution is 0.0925. The summed E-state index contributed by atoms with van der Waals surface area (Å²) in [6.45, 7) is 4.91. The van der Waals surface area contributed by atoms with Gasteiger partial charge < -0.3 is 15.0 Å². The molecule has 1 saturated carbocycles. The largest absolute Gasteiger partial charge is 0.376 e. The molecule has 2 aliphatic heterocycles. The van der Waals surface area contributed by atoms with Gasteiger partial charge in [-0.1, -0.05) is 18.2 Å². The number of hydrogen-bond donors (Lipinski definition) is 1. The summed E-state index contributed by atoms with van der Waals surface area (Å²) in [5, 5.41) is 7.78. The third-order valence-corrected chi connectivity index (χ3v) is 6.34. The zero-order valence-corrected chi connectivity index (χ0v) is 17.0. The van der Waals surface area contributed by atoms with E-state index in [0.717, 1.165) is 50.6 Å². The monoisotopic (exact) mass is 394 g/mol. The van der Waals surface area contributed by atoms with Gasteiger partial charge >= 0.3 is 0 Å². The van der Waals surface area contributed by atoms with Gasteiger partial charge in [0.15, 0.2) is 5.69 Å². The second-order valence-electron chi connectivity index (χ2n) is 8.53. The van der Waals surface area contributed by atoms with Crippen LogP contribution in [0.4, 0.5) is 5.69 Å². The number of rotatable bonds is 7. The number of aromatic nitrogens is 2. The van der Waals surface area contributed by atoms with Gasteiger partial charge in [0, 0.05) is 49.5 Å². The first-order chi connectivity index (χ1) is 14.3. The van der Waals surface area contributed by atoms with Crippen molar-refractivity contribution < 1.29 is 9.53 Å². The Hall–Kier alpha value is -2.34. The molecular formula is C23H30N4O2. The number of nitrogens with one attached hydrogen (secondary N) is 1. The van der Waals surface area contributed by atoms with Crippen LogP contribution in [0.2, 0.25) is 0 Å². The molecule has 1 aromatic carbocycles. The van der Waals surface area contributed by atoms with Crippen molar-refractivity contribution >= 4 is 11.6 Å². The van der Waals surface area contributed by atoms with Gasteiger partial charge in [-0.05, 0) is 49.7 Å². The lowest BCUT2D eigenvalue weighted by atomic mass is 10.0. The number of para-hydroxylation sites is 1. The van der Waals surface area contributed by atoms with E-state index < -0.39 is 0 Å². The van der Waals surface area contributed by atoms with E-state index in [1.54, 1.807) is 0 Å². The van der Waals surface area contributed by atoms with E-state index in [-0.39, 0.29) is 5.91 Å². The number of hydrogen-bond acceptors (Lipinski definition) is 4. The fraction of sp³-hybridized carbons (Fsp3) is 0.565. The minimum atomic E-state index is -0.0552. The van der Waals surface area contributed by atoms with Gasteiger partial charge in [-0.3, -0.25) is 9.48 Å². The first-order valence-corrected chi connectivity index (χ1v) is 11.1. The molecule has 0 spiro atoms. The van der Waals surface area contributed by atoms with Gasteiger partial charge in [0.2, 0.25) is 0 Å². The topological polar surface area (TPSA) is 59.4 Å². The third-order valence-electron chi connectivity index (χ3n) is 6.34. The first kappa shape index (κ1) is 18.7. The number of amides is 1.